The topological polar surface area (TPSA) is 55.2 Å². The fourth-order valence-corrected chi connectivity index (χ4v) is 3.17. The van der Waals surface area contributed by atoms with Crippen molar-refractivity contribution < 1.29 is 9.84 Å². The van der Waals surface area contributed by atoms with Crippen molar-refractivity contribution in [3.8, 4) is 17.1 Å². The second-order valence-electron chi connectivity index (χ2n) is 7.08. The fourth-order valence-electron chi connectivity index (χ4n) is 3.17. The number of nitrogens with zero attached hydrogens (tertiary/aromatic N) is 2. The van der Waals surface area contributed by atoms with Crippen molar-refractivity contribution >= 4 is 0 Å². The fraction of sp³-hybridized carbons (Fsp3) is 0.565. The van der Waals surface area contributed by atoms with Crippen LogP contribution in [0.15, 0.2) is 36.7 Å². The highest BCUT2D eigenvalue weighted by Gasteiger charge is 2.13. The van der Waals surface area contributed by atoms with E-state index in [1.165, 1.54) is 44.9 Å². The Balaban J connectivity index is 1.76. The van der Waals surface area contributed by atoms with Gasteiger partial charge in [-0.25, -0.2) is 9.97 Å². The zero-order valence-corrected chi connectivity index (χ0v) is 16.9. The van der Waals surface area contributed by atoms with Crippen molar-refractivity contribution in [3.63, 3.8) is 0 Å². The second kappa shape index (κ2) is 12.4. The van der Waals surface area contributed by atoms with E-state index in [9.17, 15) is 5.11 Å². The van der Waals surface area contributed by atoms with Crippen LogP contribution in [0.1, 0.15) is 83.3 Å². The maximum atomic E-state index is 10.2. The molecule has 2 rings (SSSR count). The lowest BCUT2D eigenvalue weighted by molar-refractivity contribution is 0.174. The highest BCUT2D eigenvalue weighted by atomic mass is 16.5. The van der Waals surface area contributed by atoms with Gasteiger partial charge in [-0.3, -0.25) is 0 Å². The van der Waals surface area contributed by atoms with Crippen molar-refractivity contribution in [1.29, 1.82) is 0 Å². The number of aliphatic hydroxyl groups excluding tert-OH is 1. The third-order valence-corrected chi connectivity index (χ3v) is 4.84. The number of hydrogen-bond donors (Lipinski definition) is 1. The predicted molar refractivity (Wildman–Crippen MR) is 111 cm³/mol. The standard InChI is InChI=1S/C23H34N2O2/c1-3-5-6-7-8-9-10-13-16-27-19-17-24-23(25-18-19)21-15-12-11-14-20(21)22(26)4-2/h11-12,14-15,17-18,22,26H,3-10,13,16H2,1-2H3. The van der Waals surface area contributed by atoms with Crippen LogP contribution in [0.4, 0.5) is 0 Å². The molecule has 0 fully saturated rings. The minimum Gasteiger partial charge on any atom is -0.490 e. The van der Waals surface area contributed by atoms with Crippen LogP contribution in [0.3, 0.4) is 0 Å². The van der Waals surface area contributed by atoms with Crippen molar-refractivity contribution in [3.05, 3.63) is 42.2 Å². The quantitative estimate of drug-likeness (QED) is 0.432. The molecule has 2 aromatic rings. The molecule has 0 radical (unpaired) electrons. The first-order chi connectivity index (χ1) is 13.3. The molecule has 0 aliphatic heterocycles. The van der Waals surface area contributed by atoms with Crippen molar-refractivity contribution in [2.75, 3.05) is 6.61 Å². The molecule has 1 aromatic heterocycles. The number of benzene rings is 1. The molecule has 0 saturated carbocycles. The number of ether oxygens (including phenoxy) is 1. The zero-order chi connectivity index (χ0) is 19.3. The van der Waals surface area contributed by atoms with E-state index >= 15 is 0 Å². The molecule has 0 bridgehead atoms. The Morgan fingerprint density at radius 2 is 1.52 bits per heavy atom. The number of rotatable bonds is 13. The maximum Gasteiger partial charge on any atom is 0.159 e. The van der Waals surface area contributed by atoms with Crippen LogP contribution in [-0.4, -0.2) is 21.7 Å². The first-order valence-electron chi connectivity index (χ1n) is 10.5. The van der Waals surface area contributed by atoms with E-state index in [1.54, 1.807) is 12.4 Å². The van der Waals surface area contributed by atoms with Gasteiger partial charge in [0.25, 0.3) is 0 Å². The van der Waals surface area contributed by atoms with Crippen LogP contribution in [0.5, 0.6) is 5.75 Å². The lowest BCUT2D eigenvalue weighted by Crippen LogP contribution is -2.02. The minimum absolute atomic E-state index is 0.498. The van der Waals surface area contributed by atoms with E-state index < -0.39 is 6.10 Å². The Morgan fingerprint density at radius 1 is 0.889 bits per heavy atom. The van der Waals surface area contributed by atoms with Gasteiger partial charge in [-0.05, 0) is 18.4 Å². The Morgan fingerprint density at radius 3 is 2.19 bits per heavy atom. The molecule has 148 valence electrons. The van der Waals surface area contributed by atoms with Crippen LogP contribution in [0, 0.1) is 0 Å². The largest absolute Gasteiger partial charge is 0.490 e. The summed E-state index contributed by atoms with van der Waals surface area (Å²) in [6.45, 7) is 4.92. The highest BCUT2D eigenvalue weighted by Crippen LogP contribution is 2.27. The molecule has 4 heteroatoms. The molecular formula is C23H34N2O2. The number of hydrogen-bond acceptors (Lipinski definition) is 4. The molecule has 4 nitrogen and oxygen atoms in total. The molecule has 0 aliphatic rings. The normalized spacial score (nSPS) is 12.1. The average molecular weight is 371 g/mol. The Labute approximate surface area is 164 Å². The minimum atomic E-state index is -0.498. The van der Waals surface area contributed by atoms with E-state index in [0.29, 0.717) is 24.6 Å². The lowest BCUT2D eigenvalue weighted by Gasteiger charge is -2.13. The number of unbranched alkanes of at least 4 members (excludes halogenated alkanes) is 7. The predicted octanol–water partition coefficient (Wildman–Crippen LogP) is 6.11. The van der Waals surface area contributed by atoms with Gasteiger partial charge in [-0.15, -0.1) is 0 Å². The third kappa shape index (κ3) is 7.30. The van der Waals surface area contributed by atoms with Gasteiger partial charge in [-0.2, -0.15) is 0 Å². The first kappa shape index (κ1) is 21.4. The van der Waals surface area contributed by atoms with Gasteiger partial charge in [0.15, 0.2) is 11.6 Å². The molecule has 27 heavy (non-hydrogen) atoms. The van der Waals surface area contributed by atoms with Crippen LogP contribution in [0.25, 0.3) is 11.4 Å². The molecule has 0 spiro atoms. The Kier molecular flexibility index (Phi) is 9.85. The van der Waals surface area contributed by atoms with Crippen LogP contribution in [0.2, 0.25) is 0 Å². The maximum absolute atomic E-state index is 10.2. The second-order valence-corrected chi connectivity index (χ2v) is 7.08. The smallest absolute Gasteiger partial charge is 0.159 e. The summed E-state index contributed by atoms with van der Waals surface area (Å²) in [5, 5.41) is 10.2. The molecule has 1 aromatic carbocycles. The molecule has 1 N–H and O–H groups in total. The molecule has 0 aliphatic carbocycles. The molecule has 0 saturated heterocycles. The molecule has 1 heterocycles. The van der Waals surface area contributed by atoms with Crippen LogP contribution < -0.4 is 4.74 Å². The van der Waals surface area contributed by atoms with Gasteiger partial charge in [0.1, 0.15) is 0 Å². The summed E-state index contributed by atoms with van der Waals surface area (Å²) in [5.41, 5.74) is 1.74. The summed E-state index contributed by atoms with van der Waals surface area (Å²) in [5.74, 6) is 1.33. The van der Waals surface area contributed by atoms with Gasteiger partial charge in [-0.1, -0.05) is 83.1 Å². The van der Waals surface area contributed by atoms with E-state index in [-0.39, 0.29) is 0 Å². The average Bonchev–Trinajstić information content (AvgIpc) is 2.72. The number of aliphatic hydroxyl groups is 1. The first-order valence-corrected chi connectivity index (χ1v) is 10.5. The van der Waals surface area contributed by atoms with Gasteiger partial charge < -0.3 is 9.84 Å². The number of aromatic nitrogens is 2. The third-order valence-electron chi connectivity index (χ3n) is 4.84. The SMILES string of the molecule is CCCCCCCCCCOc1cnc(-c2ccccc2C(O)CC)nc1. The monoisotopic (exact) mass is 370 g/mol. The van der Waals surface area contributed by atoms with Crippen molar-refractivity contribution in [2.45, 2.75) is 77.7 Å². The highest BCUT2D eigenvalue weighted by molar-refractivity contribution is 5.60. The summed E-state index contributed by atoms with van der Waals surface area (Å²) in [7, 11) is 0. The molecule has 1 atom stereocenters. The summed E-state index contributed by atoms with van der Waals surface area (Å²) in [6, 6.07) is 7.75. The van der Waals surface area contributed by atoms with Crippen LogP contribution >= 0.6 is 0 Å². The Hall–Kier alpha value is -1.94. The Bertz CT molecular complexity index is 643. The molecule has 1 unspecified atom stereocenters. The molecule has 0 amide bonds. The summed E-state index contributed by atoms with van der Waals surface area (Å²) < 4.78 is 5.77. The van der Waals surface area contributed by atoms with Crippen LogP contribution in [-0.2, 0) is 0 Å². The van der Waals surface area contributed by atoms with Crippen molar-refractivity contribution in [2.24, 2.45) is 0 Å². The van der Waals surface area contributed by atoms with E-state index in [2.05, 4.69) is 16.9 Å². The van der Waals surface area contributed by atoms with E-state index in [0.717, 1.165) is 17.5 Å². The summed E-state index contributed by atoms with van der Waals surface area (Å²) >= 11 is 0. The lowest BCUT2D eigenvalue weighted by atomic mass is 10.0. The summed E-state index contributed by atoms with van der Waals surface area (Å²) in [6.07, 6.45) is 13.9. The van der Waals surface area contributed by atoms with E-state index in [1.807, 2.05) is 31.2 Å². The zero-order valence-electron chi connectivity index (χ0n) is 16.9. The van der Waals surface area contributed by atoms with Gasteiger partial charge in [0, 0.05) is 5.56 Å². The van der Waals surface area contributed by atoms with E-state index in [4.69, 9.17) is 4.74 Å². The van der Waals surface area contributed by atoms with Gasteiger partial charge >= 0.3 is 0 Å². The molecular weight excluding hydrogens is 336 g/mol. The van der Waals surface area contributed by atoms with Gasteiger partial charge in [0.2, 0.25) is 0 Å². The van der Waals surface area contributed by atoms with Crippen molar-refractivity contribution in [1.82, 2.24) is 9.97 Å². The van der Waals surface area contributed by atoms with Gasteiger partial charge in [0.05, 0.1) is 25.1 Å². The summed E-state index contributed by atoms with van der Waals surface area (Å²) in [4.78, 5) is 8.87.